The van der Waals surface area contributed by atoms with Crippen molar-refractivity contribution >= 4 is 5.82 Å². The third-order valence-electron chi connectivity index (χ3n) is 2.66. The van der Waals surface area contributed by atoms with Gasteiger partial charge in [0.1, 0.15) is 11.6 Å². The highest BCUT2D eigenvalue weighted by Gasteiger charge is 2.28. The van der Waals surface area contributed by atoms with E-state index >= 15 is 0 Å². The number of aromatic nitrogens is 2. The lowest BCUT2D eigenvalue weighted by Crippen LogP contribution is -2.10. The minimum Gasteiger partial charge on any atom is -0.369 e. The van der Waals surface area contributed by atoms with Gasteiger partial charge in [-0.1, -0.05) is 0 Å². The normalized spacial score (nSPS) is 21.7. The highest BCUT2D eigenvalue weighted by atomic mass is 15.1. The Balaban J connectivity index is 1.97. The highest BCUT2D eigenvalue weighted by Crippen LogP contribution is 2.39. The van der Waals surface area contributed by atoms with Crippen molar-refractivity contribution in [3.8, 4) is 0 Å². The summed E-state index contributed by atoms with van der Waals surface area (Å²) in [4.78, 5) is 7.97. The highest BCUT2D eigenvalue weighted by molar-refractivity contribution is 5.44. The maximum Gasteiger partial charge on any atom is 0.147 e. The van der Waals surface area contributed by atoms with Crippen LogP contribution in [0.1, 0.15) is 36.7 Å². The van der Waals surface area contributed by atoms with E-state index in [9.17, 15) is 0 Å². The maximum absolute atomic E-state index is 4.55. The van der Waals surface area contributed by atoms with Crippen molar-refractivity contribution in [1.82, 2.24) is 9.97 Å². The van der Waals surface area contributed by atoms with Crippen molar-refractivity contribution in [3.05, 3.63) is 11.5 Å². The lowest BCUT2D eigenvalue weighted by molar-refractivity contribution is 0.806. The summed E-state index contributed by atoms with van der Waals surface area (Å²) in [6, 6.07) is 0. The topological polar surface area (TPSA) is 40.7 Å². The fraction of sp³-hybridized carbons (Fsp3) is 0.667. The van der Waals surface area contributed by atoms with Crippen LogP contribution in [0.3, 0.4) is 0 Å². The number of aryl methyl sites for hydroxylation is 1. The van der Waals surface area contributed by atoms with Crippen LogP contribution >= 0.6 is 0 Å². The van der Waals surface area contributed by atoms with E-state index < -0.39 is 0 Å². The molecule has 3 heteroatoms. The van der Waals surface area contributed by atoms with Gasteiger partial charge in [0.15, 0.2) is 0 Å². The van der Waals surface area contributed by atoms with E-state index in [0.29, 0.717) is 0 Å². The molecule has 0 unspecified atom stereocenters. The van der Waals surface area contributed by atoms with Gasteiger partial charge in [-0.3, -0.25) is 0 Å². The van der Waals surface area contributed by atoms with Gasteiger partial charge in [0.2, 0.25) is 0 Å². The number of nitrogens with one attached hydrogen (secondary N) is 2. The molecule has 1 aliphatic carbocycles. The Labute approximate surface area is 71.6 Å². The van der Waals surface area contributed by atoms with Crippen LogP contribution in [0.5, 0.6) is 0 Å². The summed E-state index contributed by atoms with van der Waals surface area (Å²) in [5.41, 5.74) is 1.32. The number of imidazole rings is 1. The van der Waals surface area contributed by atoms with E-state index in [4.69, 9.17) is 0 Å². The molecule has 0 saturated heterocycles. The first-order valence-corrected chi connectivity index (χ1v) is 4.76. The maximum atomic E-state index is 4.55. The molecule has 0 radical (unpaired) electrons. The van der Waals surface area contributed by atoms with Crippen LogP contribution in [0.2, 0.25) is 0 Å². The molecule has 0 atom stereocenters. The Morgan fingerprint density at radius 2 is 2.25 bits per heavy atom. The van der Waals surface area contributed by atoms with Gasteiger partial charge in [-0.25, -0.2) is 4.98 Å². The van der Waals surface area contributed by atoms with E-state index in [-0.39, 0.29) is 0 Å². The number of fused-ring (bicyclic) bond motifs is 1. The molecule has 1 aromatic heterocycles. The summed E-state index contributed by atoms with van der Waals surface area (Å²) < 4.78 is 0. The molecule has 0 aromatic carbocycles. The van der Waals surface area contributed by atoms with Crippen molar-refractivity contribution in [2.45, 2.75) is 31.6 Å². The molecule has 2 heterocycles. The third-order valence-corrected chi connectivity index (χ3v) is 2.66. The molecule has 0 amide bonds. The Kier molecular flexibility index (Phi) is 1.22. The van der Waals surface area contributed by atoms with Crippen LogP contribution in [0.15, 0.2) is 0 Å². The third kappa shape index (κ3) is 0.924. The van der Waals surface area contributed by atoms with Crippen LogP contribution in [0.25, 0.3) is 0 Å². The van der Waals surface area contributed by atoms with Crippen molar-refractivity contribution in [2.75, 3.05) is 11.9 Å². The van der Waals surface area contributed by atoms with Crippen LogP contribution in [0, 0.1) is 0 Å². The van der Waals surface area contributed by atoms with Gasteiger partial charge < -0.3 is 10.3 Å². The second kappa shape index (κ2) is 2.25. The zero-order valence-electron chi connectivity index (χ0n) is 7.06. The molecule has 1 aliphatic heterocycles. The molecule has 1 saturated carbocycles. The first-order chi connectivity index (χ1) is 5.93. The van der Waals surface area contributed by atoms with Gasteiger partial charge in [0.25, 0.3) is 0 Å². The average Bonchev–Trinajstić information content (AvgIpc) is 2.85. The predicted molar refractivity (Wildman–Crippen MR) is 47.4 cm³/mol. The number of anilines is 1. The monoisotopic (exact) mass is 163 g/mol. The van der Waals surface area contributed by atoms with Crippen molar-refractivity contribution in [3.63, 3.8) is 0 Å². The number of hydrogen-bond donors (Lipinski definition) is 2. The second-order valence-electron chi connectivity index (χ2n) is 3.75. The van der Waals surface area contributed by atoms with Gasteiger partial charge in [0.05, 0.1) is 5.69 Å². The smallest absolute Gasteiger partial charge is 0.147 e. The van der Waals surface area contributed by atoms with Gasteiger partial charge in [-0.05, 0) is 25.7 Å². The minimum absolute atomic E-state index is 0.748. The van der Waals surface area contributed by atoms with Crippen molar-refractivity contribution in [1.29, 1.82) is 0 Å². The number of nitrogens with zero attached hydrogens (tertiary/aromatic N) is 1. The zero-order chi connectivity index (χ0) is 7.97. The van der Waals surface area contributed by atoms with E-state index in [1.165, 1.54) is 37.2 Å². The van der Waals surface area contributed by atoms with Gasteiger partial charge in [-0.15, -0.1) is 0 Å². The van der Waals surface area contributed by atoms with Crippen molar-refractivity contribution < 1.29 is 0 Å². The SMILES string of the molecule is C1CNc2nc(C3CC3)[nH]c2C1. The van der Waals surface area contributed by atoms with Gasteiger partial charge in [-0.2, -0.15) is 0 Å². The fourth-order valence-electron chi connectivity index (χ4n) is 1.78. The molecular weight excluding hydrogens is 150 g/mol. The molecule has 2 N–H and O–H groups in total. The van der Waals surface area contributed by atoms with Crippen LogP contribution in [0.4, 0.5) is 5.82 Å². The summed E-state index contributed by atoms with van der Waals surface area (Å²) in [6.45, 7) is 1.09. The molecule has 12 heavy (non-hydrogen) atoms. The van der Waals surface area contributed by atoms with E-state index in [2.05, 4.69) is 15.3 Å². The summed E-state index contributed by atoms with van der Waals surface area (Å²) in [7, 11) is 0. The number of H-pyrrole nitrogens is 1. The van der Waals surface area contributed by atoms with E-state index in [1.807, 2.05) is 0 Å². The lowest BCUT2D eigenvalue weighted by Gasteiger charge is -2.10. The largest absolute Gasteiger partial charge is 0.369 e. The van der Waals surface area contributed by atoms with Crippen LogP contribution in [-0.2, 0) is 6.42 Å². The van der Waals surface area contributed by atoms with E-state index in [0.717, 1.165) is 18.3 Å². The number of hydrogen-bond acceptors (Lipinski definition) is 2. The predicted octanol–water partition coefficient (Wildman–Crippen LogP) is 1.65. The van der Waals surface area contributed by atoms with Gasteiger partial charge >= 0.3 is 0 Å². The summed E-state index contributed by atoms with van der Waals surface area (Å²) in [5.74, 6) is 3.08. The van der Waals surface area contributed by atoms with Crippen molar-refractivity contribution in [2.24, 2.45) is 0 Å². The molecule has 2 aliphatic rings. The Hall–Kier alpha value is -0.990. The molecule has 3 nitrogen and oxygen atoms in total. The Morgan fingerprint density at radius 3 is 3.00 bits per heavy atom. The molecule has 0 bridgehead atoms. The number of rotatable bonds is 1. The lowest BCUT2D eigenvalue weighted by atomic mass is 10.2. The Bertz CT molecular complexity index is 275. The summed E-state index contributed by atoms with van der Waals surface area (Å²) in [5, 5.41) is 3.32. The molecule has 0 spiro atoms. The quantitative estimate of drug-likeness (QED) is 0.660. The van der Waals surface area contributed by atoms with E-state index in [1.54, 1.807) is 0 Å². The Morgan fingerprint density at radius 1 is 1.33 bits per heavy atom. The molecule has 1 fully saturated rings. The summed E-state index contributed by atoms with van der Waals surface area (Å²) >= 11 is 0. The fourth-order valence-corrected chi connectivity index (χ4v) is 1.78. The first kappa shape index (κ1) is 6.52. The zero-order valence-corrected chi connectivity index (χ0v) is 7.06. The minimum atomic E-state index is 0.748. The standard InChI is InChI=1S/C9H13N3/c1-2-7-9(10-5-1)12-8(11-7)6-3-4-6/h6,10H,1-5H2,(H,11,12). The molecule has 1 aromatic rings. The average molecular weight is 163 g/mol. The van der Waals surface area contributed by atoms with Crippen LogP contribution < -0.4 is 5.32 Å². The summed E-state index contributed by atoms with van der Waals surface area (Å²) in [6.07, 6.45) is 5.06. The van der Waals surface area contributed by atoms with Crippen LogP contribution in [-0.4, -0.2) is 16.5 Å². The molecular formula is C9H13N3. The first-order valence-electron chi connectivity index (χ1n) is 4.76. The van der Waals surface area contributed by atoms with Gasteiger partial charge in [0, 0.05) is 12.5 Å². The molecule has 3 rings (SSSR count). The second-order valence-corrected chi connectivity index (χ2v) is 3.75. The number of aromatic amines is 1. The molecule has 64 valence electrons.